The summed E-state index contributed by atoms with van der Waals surface area (Å²) in [5, 5.41) is 31.2. The minimum Gasteiger partial charge on any atom is -0.499 e. The van der Waals surface area contributed by atoms with Crippen LogP contribution in [-0.4, -0.2) is 58.8 Å². The molecule has 35 heavy (non-hydrogen) atoms. The molecule has 1 aromatic carbocycles. The Hall–Kier alpha value is -4.14. The number of nitriles is 1. The van der Waals surface area contributed by atoms with Gasteiger partial charge in [0, 0.05) is 25.1 Å². The van der Waals surface area contributed by atoms with E-state index in [1.54, 1.807) is 40.7 Å². The Balaban J connectivity index is 3.50. The molecule has 0 fully saturated rings. The van der Waals surface area contributed by atoms with Gasteiger partial charge in [0.2, 0.25) is 11.4 Å². The molecule has 1 N–H and O–H groups in total. The van der Waals surface area contributed by atoms with Gasteiger partial charge in [-0.15, -0.1) is 0 Å². The van der Waals surface area contributed by atoms with Gasteiger partial charge in [0.15, 0.2) is 5.75 Å². The monoisotopic (exact) mass is 491 g/mol. The molecule has 0 spiro atoms. The van der Waals surface area contributed by atoms with Crippen LogP contribution in [0.15, 0.2) is 17.7 Å². The highest BCUT2D eigenvalue weighted by molar-refractivity contribution is 6.01. The zero-order valence-corrected chi connectivity index (χ0v) is 20.5. The molecule has 0 saturated heterocycles. The summed E-state index contributed by atoms with van der Waals surface area (Å²) in [5.41, 5.74) is -2.92. The number of nitro groups is 1. The summed E-state index contributed by atoms with van der Waals surface area (Å²) in [4.78, 5) is 49.3. The van der Waals surface area contributed by atoms with Crippen molar-refractivity contribution in [2.45, 2.75) is 46.6 Å². The molecule has 12 heteroatoms. The zero-order valence-electron chi connectivity index (χ0n) is 20.5. The second-order valence-electron chi connectivity index (χ2n) is 7.63. The van der Waals surface area contributed by atoms with E-state index in [2.05, 4.69) is 0 Å². The largest absolute Gasteiger partial charge is 0.515 e. The van der Waals surface area contributed by atoms with E-state index < -0.39 is 51.7 Å². The third kappa shape index (κ3) is 6.47. The summed E-state index contributed by atoms with van der Waals surface area (Å²) in [6, 6.07) is 3.69. The van der Waals surface area contributed by atoms with E-state index in [1.165, 1.54) is 4.90 Å². The van der Waals surface area contributed by atoms with Gasteiger partial charge in [-0.3, -0.25) is 14.9 Å². The molecule has 1 amide bonds. The van der Waals surface area contributed by atoms with E-state index in [0.29, 0.717) is 13.1 Å². The number of nitrogens with zero attached hydrogens (tertiary/aromatic N) is 3. The highest BCUT2D eigenvalue weighted by Gasteiger charge is 2.46. The molecule has 0 aliphatic rings. The quantitative estimate of drug-likeness (QED) is 0.127. The number of esters is 1. The van der Waals surface area contributed by atoms with Gasteiger partial charge < -0.3 is 24.2 Å². The smallest absolute Gasteiger partial charge is 0.499 e. The first-order valence-electron chi connectivity index (χ1n) is 10.8. The topological polar surface area (TPSA) is 169 Å². The van der Waals surface area contributed by atoms with Gasteiger partial charge in [0.05, 0.1) is 12.0 Å². The standard InChI is InChI=1S/C23H29N3O9/c1-7-23(14(4)5,21(29)33-6)35-22(30)34-18-12-15(11-17(19(18)27)26(31)32)10-16(13-24)20(28)25(8-2)9-3/h10-12,14,27H,7-9H2,1-6H3. The molecular weight excluding hydrogens is 462 g/mol. The molecule has 190 valence electrons. The molecule has 12 nitrogen and oxygen atoms in total. The van der Waals surface area contributed by atoms with E-state index in [1.807, 2.05) is 0 Å². The molecule has 0 saturated carbocycles. The summed E-state index contributed by atoms with van der Waals surface area (Å²) >= 11 is 0. The Morgan fingerprint density at radius 1 is 1.26 bits per heavy atom. The Bertz CT molecular complexity index is 1060. The van der Waals surface area contributed by atoms with Crippen molar-refractivity contribution in [1.82, 2.24) is 4.90 Å². The number of carbonyl (C=O) groups is 3. The van der Waals surface area contributed by atoms with Crippen LogP contribution in [-0.2, 0) is 19.1 Å². The van der Waals surface area contributed by atoms with E-state index in [-0.39, 0.29) is 17.6 Å². The second-order valence-corrected chi connectivity index (χ2v) is 7.63. The Morgan fingerprint density at radius 3 is 2.29 bits per heavy atom. The van der Waals surface area contributed by atoms with Crippen LogP contribution in [0.5, 0.6) is 11.5 Å². The van der Waals surface area contributed by atoms with E-state index in [4.69, 9.17) is 14.2 Å². The highest BCUT2D eigenvalue weighted by Crippen LogP contribution is 2.38. The summed E-state index contributed by atoms with van der Waals surface area (Å²) < 4.78 is 15.0. The number of rotatable bonds is 10. The first kappa shape index (κ1) is 28.9. The van der Waals surface area contributed by atoms with E-state index in [0.717, 1.165) is 25.3 Å². The number of phenols is 1. The number of aromatic hydroxyl groups is 1. The normalized spacial score (nSPS) is 12.8. The molecule has 0 bridgehead atoms. The van der Waals surface area contributed by atoms with Crippen LogP contribution in [0.1, 0.15) is 46.6 Å². The molecule has 1 aromatic rings. The fourth-order valence-electron chi connectivity index (χ4n) is 3.36. The minimum atomic E-state index is -1.70. The van der Waals surface area contributed by atoms with E-state index in [9.17, 15) is 34.9 Å². The maximum absolute atomic E-state index is 12.5. The number of benzene rings is 1. The van der Waals surface area contributed by atoms with Crippen molar-refractivity contribution >= 4 is 29.8 Å². The van der Waals surface area contributed by atoms with Crippen molar-refractivity contribution in [1.29, 1.82) is 5.26 Å². The lowest BCUT2D eigenvalue weighted by atomic mass is 9.87. The van der Waals surface area contributed by atoms with Crippen molar-refractivity contribution in [2.75, 3.05) is 20.2 Å². The van der Waals surface area contributed by atoms with Gasteiger partial charge in [-0.1, -0.05) is 20.8 Å². The Morgan fingerprint density at radius 2 is 1.86 bits per heavy atom. The zero-order chi connectivity index (χ0) is 26.9. The molecule has 1 unspecified atom stereocenters. The maximum Gasteiger partial charge on any atom is 0.515 e. The highest BCUT2D eigenvalue weighted by atomic mass is 16.7. The molecular formula is C23H29N3O9. The number of phenolic OH excluding ortho intramolecular Hbond substituents is 1. The molecule has 0 heterocycles. The van der Waals surface area contributed by atoms with Gasteiger partial charge in [0.25, 0.3) is 5.91 Å². The van der Waals surface area contributed by atoms with Gasteiger partial charge in [-0.05, 0) is 38.0 Å². The first-order chi connectivity index (χ1) is 16.4. The van der Waals surface area contributed by atoms with Crippen molar-refractivity contribution in [3.63, 3.8) is 0 Å². The summed E-state index contributed by atoms with van der Waals surface area (Å²) in [6.45, 7) is 8.95. The average Bonchev–Trinajstić information content (AvgIpc) is 2.82. The van der Waals surface area contributed by atoms with Gasteiger partial charge in [-0.25, -0.2) is 9.59 Å². The Kier molecular flexibility index (Phi) is 10.2. The molecule has 0 aliphatic heterocycles. The minimum absolute atomic E-state index is 0.0420. The van der Waals surface area contributed by atoms with Crippen LogP contribution in [0.4, 0.5) is 10.5 Å². The third-order valence-corrected chi connectivity index (χ3v) is 5.43. The van der Waals surface area contributed by atoms with Crippen molar-refractivity contribution in [3.8, 4) is 17.6 Å². The molecule has 0 radical (unpaired) electrons. The number of likely N-dealkylation sites (N-methyl/N-ethyl adjacent to an activating group) is 1. The van der Waals surface area contributed by atoms with Crippen LogP contribution < -0.4 is 4.74 Å². The molecule has 0 aliphatic carbocycles. The molecule has 0 aromatic heterocycles. The summed E-state index contributed by atoms with van der Waals surface area (Å²) in [7, 11) is 1.13. The van der Waals surface area contributed by atoms with Gasteiger partial charge in [0.1, 0.15) is 11.6 Å². The molecule has 1 rings (SSSR count). The predicted octanol–water partition coefficient (Wildman–Crippen LogP) is 3.57. The number of amides is 1. The lowest BCUT2D eigenvalue weighted by Gasteiger charge is -2.32. The maximum atomic E-state index is 12.5. The van der Waals surface area contributed by atoms with Crippen LogP contribution in [0.25, 0.3) is 6.08 Å². The van der Waals surface area contributed by atoms with Crippen LogP contribution in [0.3, 0.4) is 0 Å². The third-order valence-electron chi connectivity index (χ3n) is 5.43. The van der Waals surface area contributed by atoms with Crippen molar-refractivity contribution in [3.05, 3.63) is 33.4 Å². The summed E-state index contributed by atoms with van der Waals surface area (Å²) in [6.07, 6.45) is -0.304. The SMILES string of the molecule is CCN(CC)C(=O)C(C#N)=Cc1cc(OC(=O)OC(CC)(C(=O)OC)C(C)C)c(O)c([N+](=O)[O-])c1. The Labute approximate surface area is 202 Å². The fraction of sp³-hybridized carbons (Fsp3) is 0.478. The number of nitro benzene ring substituents is 1. The van der Waals surface area contributed by atoms with Gasteiger partial charge >= 0.3 is 17.8 Å². The van der Waals surface area contributed by atoms with Crippen LogP contribution in [0, 0.1) is 27.4 Å². The predicted molar refractivity (Wildman–Crippen MR) is 123 cm³/mol. The van der Waals surface area contributed by atoms with Crippen LogP contribution >= 0.6 is 0 Å². The number of carbonyl (C=O) groups excluding carboxylic acids is 3. The number of hydrogen-bond acceptors (Lipinski definition) is 10. The summed E-state index contributed by atoms with van der Waals surface area (Å²) in [5.74, 6) is -3.59. The number of ether oxygens (including phenoxy) is 3. The number of methoxy groups -OCH3 is 1. The average molecular weight is 491 g/mol. The van der Waals surface area contributed by atoms with Crippen molar-refractivity contribution in [2.24, 2.45) is 5.92 Å². The van der Waals surface area contributed by atoms with Crippen LogP contribution in [0.2, 0.25) is 0 Å². The fourth-order valence-corrected chi connectivity index (χ4v) is 3.36. The number of hydrogen-bond donors (Lipinski definition) is 1. The second kappa shape index (κ2) is 12.4. The molecule has 1 atom stereocenters. The lowest BCUT2D eigenvalue weighted by molar-refractivity contribution is -0.385. The van der Waals surface area contributed by atoms with E-state index >= 15 is 0 Å². The first-order valence-corrected chi connectivity index (χ1v) is 10.8. The van der Waals surface area contributed by atoms with Crippen molar-refractivity contribution < 1.29 is 38.6 Å². The lowest BCUT2D eigenvalue weighted by Crippen LogP contribution is -2.48. The van der Waals surface area contributed by atoms with Gasteiger partial charge in [-0.2, -0.15) is 5.26 Å².